The van der Waals surface area contributed by atoms with Gasteiger partial charge in [0.05, 0.1) is 16.9 Å². The lowest BCUT2D eigenvalue weighted by atomic mass is 10.3. The van der Waals surface area contributed by atoms with Gasteiger partial charge >= 0.3 is 6.02 Å². The third-order valence-corrected chi connectivity index (χ3v) is 3.46. The highest BCUT2D eigenvalue weighted by Gasteiger charge is 2.07. The molecule has 22 heavy (non-hydrogen) atoms. The van der Waals surface area contributed by atoms with Gasteiger partial charge in [-0.15, -0.1) is 0 Å². The topological polar surface area (TPSA) is 120 Å². The zero-order valence-electron chi connectivity index (χ0n) is 11.5. The van der Waals surface area contributed by atoms with Crippen LogP contribution in [0.25, 0.3) is 0 Å². The van der Waals surface area contributed by atoms with E-state index in [-0.39, 0.29) is 10.9 Å². The van der Waals surface area contributed by atoms with E-state index in [9.17, 15) is 8.42 Å². The fraction of sp³-hybridized carbons (Fsp3) is 0. The summed E-state index contributed by atoms with van der Waals surface area (Å²) in [6, 6.07) is 14.6. The van der Waals surface area contributed by atoms with Crippen molar-refractivity contribution in [2.75, 3.05) is 0 Å². The second-order valence-corrected chi connectivity index (χ2v) is 5.69. The summed E-state index contributed by atoms with van der Waals surface area (Å²) in [5, 5.41) is 5.03. The van der Waals surface area contributed by atoms with Crippen LogP contribution in [0.2, 0.25) is 0 Å². The first kappa shape index (κ1) is 15.7. The number of hydrogen-bond acceptors (Lipinski definition) is 4. The molecule has 0 amide bonds. The van der Waals surface area contributed by atoms with E-state index in [1.807, 2.05) is 6.07 Å². The molecule has 2 rings (SSSR count). The molecule has 0 heterocycles. The van der Waals surface area contributed by atoms with Crippen LogP contribution in [0.3, 0.4) is 0 Å². The van der Waals surface area contributed by atoms with Crippen LogP contribution in [0.1, 0.15) is 0 Å². The Balaban J connectivity index is 2.26. The standard InChI is InChI=1S/C14H14N4O3S/c15-10-17-14(21-12-4-2-1-3-5-12)18-11-6-8-13(9-7-11)22(16,19)20/h1-10H,(H2,15,17,18)(H2,16,19,20). The number of ether oxygens (including phenoxy) is 1. The third-order valence-electron chi connectivity index (χ3n) is 2.53. The third kappa shape index (κ3) is 4.40. The van der Waals surface area contributed by atoms with Crippen LogP contribution in [0.5, 0.6) is 5.75 Å². The fourth-order valence-corrected chi connectivity index (χ4v) is 2.07. The Morgan fingerprint density at radius 2 is 1.68 bits per heavy atom. The van der Waals surface area contributed by atoms with Gasteiger partial charge < -0.3 is 10.5 Å². The number of para-hydroxylation sites is 1. The van der Waals surface area contributed by atoms with Gasteiger partial charge in [0.15, 0.2) is 0 Å². The summed E-state index contributed by atoms with van der Waals surface area (Å²) in [7, 11) is -3.74. The molecule has 0 fully saturated rings. The Bertz CT molecular complexity index is 785. The maximum atomic E-state index is 11.2. The van der Waals surface area contributed by atoms with Gasteiger partial charge in [-0.1, -0.05) is 18.2 Å². The normalized spacial score (nSPS) is 12.5. The molecule has 4 N–H and O–H groups in total. The Labute approximate surface area is 128 Å². The first-order valence-electron chi connectivity index (χ1n) is 6.18. The minimum Gasteiger partial charge on any atom is -0.424 e. The minimum absolute atomic E-state index is 0.000645. The molecule has 0 aliphatic rings. The number of aliphatic imine (C=N–C) groups is 2. The molecule has 0 unspecified atom stereocenters. The van der Waals surface area contributed by atoms with E-state index in [1.54, 1.807) is 24.3 Å². The maximum absolute atomic E-state index is 11.2. The molecule has 2 aromatic rings. The van der Waals surface area contributed by atoms with Crippen molar-refractivity contribution in [3.05, 3.63) is 54.6 Å². The van der Waals surface area contributed by atoms with Crippen LogP contribution >= 0.6 is 0 Å². The van der Waals surface area contributed by atoms with Crippen molar-refractivity contribution >= 4 is 28.1 Å². The van der Waals surface area contributed by atoms with Crippen molar-refractivity contribution in [3.8, 4) is 5.75 Å². The number of benzene rings is 2. The van der Waals surface area contributed by atoms with E-state index in [1.165, 1.54) is 24.3 Å². The van der Waals surface area contributed by atoms with Crippen LogP contribution in [0, 0.1) is 0 Å². The van der Waals surface area contributed by atoms with Crippen molar-refractivity contribution in [1.82, 2.24) is 0 Å². The predicted molar refractivity (Wildman–Crippen MR) is 84.7 cm³/mol. The zero-order chi connectivity index (χ0) is 16.0. The molecule has 0 bridgehead atoms. The molecular formula is C14H14N4O3S. The smallest absolute Gasteiger partial charge is 0.323 e. The van der Waals surface area contributed by atoms with Gasteiger partial charge in [0.1, 0.15) is 5.75 Å². The van der Waals surface area contributed by atoms with Gasteiger partial charge in [-0.25, -0.2) is 13.6 Å². The SMILES string of the molecule is N/C=N/C(=Nc1ccc(S(N)(=O)=O)cc1)Oc1ccccc1. The highest BCUT2D eigenvalue weighted by atomic mass is 32.2. The average Bonchev–Trinajstić information content (AvgIpc) is 2.48. The van der Waals surface area contributed by atoms with Crippen LogP contribution in [0.15, 0.2) is 69.5 Å². The molecular weight excluding hydrogens is 304 g/mol. The summed E-state index contributed by atoms with van der Waals surface area (Å²) >= 11 is 0. The molecule has 114 valence electrons. The lowest BCUT2D eigenvalue weighted by molar-refractivity contribution is 0.543. The average molecular weight is 318 g/mol. The summed E-state index contributed by atoms with van der Waals surface area (Å²) in [5.41, 5.74) is 5.72. The van der Waals surface area contributed by atoms with E-state index in [0.29, 0.717) is 11.4 Å². The second-order valence-electron chi connectivity index (χ2n) is 4.13. The van der Waals surface area contributed by atoms with E-state index in [2.05, 4.69) is 9.98 Å². The molecule has 0 radical (unpaired) electrons. The molecule has 0 saturated heterocycles. The second kappa shape index (κ2) is 6.83. The minimum atomic E-state index is -3.74. The summed E-state index contributed by atoms with van der Waals surface area (Å²) < 4.78 is 27.9. The quantitative estimate of drug-likeness (QED) is 0.656. The van der Waals surface area contributed by atoms with Gasteiger partial charge in [-0.05, 0) is 36.4 Å². The molecule has 0 saturated carbocycles. The molecule has 0 aromatic heterocycles. The Morgan fingerprint density at radius 3 is 2.23 bits per heavy atom. The maximum Gasteiger partial charge on any atom is 0.323 e. The zero-order valence-corrected chi connectivity index (χ0v) is 12.3. The van der Waals surface area contributed by atoms with E-state index >= 15 is 0 Å². The highest BCUT2D eigenvalue weighted by Crippen LogP contribution is 2.17. The van der Waals surface area contributed by atoms with E-state index in [0.717, 1.165) is 6.34 Å². The number of sulfonamides is 1. The molecule has 0 aliphatic heterocycles. The number of hydrogen-bond donors (Lipinski definition) is 2. The first-order chi connectivity index (χ1) is 10.5. The van der Waals surface area contributed by atoms with E-state index in [4.69, 9.17) is 15.6 Å². The number of nitrogens with two attached hydrogens (primary N) is 2. The van der Waals surface area contributed by atoms with Crippen molar-refractivity contribution in [2.45, 2.75) is 4.90 Å². The van der Waals surface area contributed by atoms with Gasteiger partial charge in [0.2, 0.25) is 10.0 Å². The number of primary sulfonamides is 1. The van der Waals surface area contributed by atoms with Crippen LogP contribution in [-0.4, -0.2) is 20.8 Å². The monoisotopic (exact) mass is 318 g/mol. The molecule has 2 aromatic carbocycles. The van der Waals surface area contributed by atoms with Crippen LogP contribution in [-0.2, 0) is 10.0 Å². The van der Waals surface area contributed by atoms with Gasteiger partial charge in [0, 0.05) is 0 Å². The molecule has 7 nitrogen and oxygen atoms in total. The lowest BCUT2D eigenvalue weighted by Gasteiger charge is -2.04. The largest absolute Gasteiger partial charge is 0.424 e. The highest BCUT2D eigenvalue weighted by molar-refractivity contribution is 7.89. The molecule has 8 heteroatoms. The summed E-state index contributed by atoms with van der Waals surface area (Å²) in [6.07, 6.45) is 1.06. The first-order valence-corrected chi connectivity index (χ1v) is 7.72. The van der Waals surface area contributed by atoms with Crippen molar-refractivity contribution in [3.63, 3.8) is 0 Å². The van der Waals surface area contributed by atoms with Gasteiger partial charge in [0.25, 0.3) is 0 Å². The van der Waals surface area contributed by atoms with Crippen LogP contribution in [0.4, 0.5) is 5.69 Å². The Morgan fingerprint density at radius 1 is 1.05 bits per heavy atom. The number of amidine groups is 1. The van der Waals surface area contributed by atoms with Gasteiger partial charge in [-0.2, -0.15) is 9.98 Å². The van der Waals surface area contributed by atoms with Crippen molar-refractivity contribution in [1.29, 1.82) is 0 Å². The van der Waals surface area contributed by atoms with Crippen molar-refractivity contribution < 1.29 is 13.2 Å². The Hall–Kier alpha value is -2.71. The molecule has 0 atom stereocenters. The molecule has 0 aliphatic carbocycles. The van der Waals surface area contributed by atoms with Gasteiger partial charge in [-0.3, -0.25) is 0 Å². The number of rotatable bonds is 3. The summed E-state index contributed by atoms with van der Waals surface area (Å²) in [5.74, 6) is 0.549. The molecule has 0 spiro atoms. The Kier molecular flexibility index (Phi) is 4.87. The number of nitrogens with zero attached hydrogens (tertiary/aromatic N) is 2. The van der Waals surface area contributed by atoms with E-state index < -0.39 is 10.0 Å². The predicted octanol–water partition coefficient (Wildman–Crippen LogP) is 1.39. The van der Waals surface area contributed by atoms with Crippen molar-refractivity contribution in [2.24, 2.45) is 20.9 Å². The van der Waals surface area contributed by atoms with Crippen LogP contribution < -0.4 is 15.6 Å². The lowest BCUT2D eigenvalue weighted by Crippen LogP contribution is -2.11. The summed E-state index contributed by atoms with van der Waals surface area (Å²) in [6.45, 7) is 0. The summed E-state index contributed by atoms with van der Waals surface area (Å²) in [4.78, 5) is 7.97. The fourth-order valence-electron chi connectivity index (χ4n) is 1.56.